The van der Waals surface area contributed by atoms with Crippen LogP contribution in [0.15, 0.2) is 120 Å². The zero-order chi connectivity index (χ0) is 35.5. The number of hydrogen-bond acceptors (Lipinski definition) is 2. The molecule has 1 saturated carbocycles. The number of pyridine rings is 1. The summed E-state index contributed by atoms with van der Waals surface area (Å²) < 4.78 is 9.49. The van der Waals surface area contributed by atoms with Crippen LogP contribution in [-0.4, -0.2) is 11.8 Å². The van der Waals surface area contributed by atoms with Crippen molar-refractivity contribution >= 4 is 33.3 Å². The summed E-state index contributed by atoms with van der Waals surface area (Å²) >= 11 is 0. The van der Waals surface area contributed by atoms with Gasteiger partial charge in [0.25, 0.3) is 0 Å². The second-order valence-electron chi connectivity index (χ2n) is 16.2. The monoisotopic (exact) mass is 693 g/mol. The van der Waals surface area contributed by atoms with Gasteiger partial charge in [-0.3, -0.25) is 4.99 Å². The Kier molecular flexibility index (Phi) is 8.27. The maximum atomic E-state index is 7.12. The molecule has 3 nitrogen and oxygen atoms in total. The van der Waals surface area contributed by atoms with Gasteiger partial charge in [-0.2, -0.15) is 4.57 Å². The fraction of sp³-hybridized carbons (Fsp3) is 0.320. The van der Waals surface area contributed by atoms with E-state index in [1.165, 1.54) is 118 Å². The lowest BCUT2D eigenvalue weighted by Crippen LogP contribution is -2.38. The molecule has 4 aromatic carbocycles. The Balaban J connectivity index is 1.15. The fourth-order valence-electron chi connectivity index (χ4n) is 10.4. The van der Waals surface area contributed by atoms with Gasteiger partial charge in [-0.15, -0.1) is 0 Å². The molecule has 2 unspecified atom stereocenters. The van der Waals surface area contributed by atoms with E-state index in [1.807, 2.05) is 6.08 Å². The van der Waals surface area contributed by atoms with Crippen LogP contribution in [0.3, 0.4) is 0 Å². The third-order valence-electron chi connectivity index (χ3n) is 13.1. The van der Waals surface area contributed by atoms with Crippen molar-refractivity contribution in [2.24, 2.45) is 10.9 Å². The van der Waals surface area contributed by atoms with Gasteiger partial charge in [-0.25, -0.2) is 0 Å². The highest BCUT2D eigenvalue weighted by atomic mass is 16.3. The molecule has 0 N–H and O–H groups in total. The van der Waals surface area contributed by atoms with Gasteiger partial charge in [0.15, 0.2) is 11.9 Å². The lowest BCUT2D eigenvalue weighted by atomic mass is 9.78. The number of aliphatic imine (C=N–C) groups is 1. The predicted molar refractivity (Wildman–Crippen MR) is 220 cm³/mol. The normalized spacial score (nSPS) is 20.2. The van der Waals surface area contributed by atoms with E-state index >= 15 is 0 Å². The first-order chi connectivity index (χ1) is 26.1. The molecule has 0 amide bonds. The first-order valence-electron chi connectivity index (χ1n) is 20.2. The Bertz CT molecular complexity index is 2450. The van der Waals surface area contributed by atoms with Crippen molar-refractivity contribution in [3.05, 3.63) is 144 Å². The summed E-state index contributed by atoms with van der Waals surface area (Å²) in [7, 11) is 0. The van der Waals surface area contributed by atoms with E-state index in [2.05, 4.69) is 102 Å². The van der Waals surface area contributed by atoms with Crippen LogP contribution >= 0.6 is 0 Å². The van der Waals surface area contributed by atoms with Gasteiger partial charge < -0.3 is 4.42 Å². The molecular weight excluding hydrogens is 645 g/mol. The van der Waals surface area contributed by atoms with Crippen LogP contribution in [0.25, 0.3) is 50.0 Å². The summed E-state index contributed by atoms with van der Waals surface area (Å²) in [6.07, 6.45) is 19.7. The van der Waals surface area contributed by atoms with Crippen molar-refractivity contribution < 1.29 is 8.98 Å². The zero-order valence-electron chi connectivity index (χ0n) is 30.9. The lowest BCUT2D eigenvalue weighted by Gasteiger charge is -2.32. The SMILES string of the molecule is C=CC1=NC2CC(=C)[n+]3ccc(CC4CCCCC4)cc3-c3c(ccc4c3oc3cc(-c5cccc6c5CCCC6)ccc34)CCC2c2ccccc21. The topological polar surface area (TPSA) is 29.4 Å². The van der Waals surface area contributed by atoms with Crippen LogP contribution in [0.4, 0.5) is 0 Å². The number of rotatable bonds is 4. The summed E-state index contributed by atoms with van der Waals surface area (Å²) in [6, 6.07) is 32.3. The number of fused-ring (bicyclic) bond motifs is 11. The summed E-state index contributed by atoms with van der Waals surface area (Å²) in [6.45, 7) is 8.94. The van der Waals surface area contributed by atoms with Crippen molar-refractivity contribution in [3.63, 3.8) is 0 Å². The van der Waals surface area contributed by atoms with Gasteiger partial charge in [0.05, 0.1) is 23.7 Å². The minimum atomic E-state index is 0.103. The minimum Gasteiger partial charge on any atom is -0.455 e. The smallest absolute Gasteiger partial charge is 0.222 e. The summed E-state index contributed by atoms with van der Waals surface area (Å²) in [5.74, 6) is 1.05. The Morgan fingerprint density at radius 1 is 0.774 bits per heavy atom. The molecule has 6 aromatic rings. The predicted octanol–water partition coefficient (Wildman–Crippen LogP) is 12.2. The van der Waals surface area contributed by atoms with E-state index in [0.29, 0.717) is 0 Å². The van der Waals surface area contributed by atoms with Gasteiger partial charge in [-0.05, 0) is 115 Å². The highest BCUT2D eigenvalue weighted by Gasteiger charge is 2.35. The maximum absolute atomic E-state index is 7.12. The molecule has 0 bridgehead atoms. The van der Waals surface area contributed by atoms with Crippen LogP contribution in [0.5, 0.6) is 0 Å². The molecule has 1 fully saturated rings. The molecule has 3 heteroatoms. The summed E-state index contributed by atoms with van der Waals surface area (Å²) in [4.78, 5) is 5.36. The van der Waals surface area contributed by atoms with Crippen LogP contribution in [0.1, 0.15) is 97.1 Å². The third-order valence-corrected chi connectivity index (χ3v) is 13.1. The molecule has 264 valence electrons. The van der Waals surface area contributed by atoms with E-state index in [9.17, 15) is 0 Å². The van der Waals surface area contributed by atoms with Crippen molar-refractivity contribution in [2.75, 3.05) is 0 Å². The van der Waals surface area contributed by atoms with E-state index < -0.39 is 0 Å². The number of benzene rings is 4. The second kappa shape index (κ2) is 13.4. The average molecular weight is 694 g/mol. The first-order valence-corrected chi connectivity index (χ1v) is 20.2. The van der Waals surface area contributed by atoms with Gasteiger partial charge >= 0.3 is 0 Å². The van der Waals surface area contributed by atoms with Crippen LogP contribution in [0.2, 0.25) is 0 Å². The minimum absolute atomic E-state index is 0.103. The summed E-state index contributed by atoms with van der Waals surface area (Å²) in [5, 5.41) is 2.37. The fourth-order valence-corrected chi connectivity index (χ4v) is 10.4. The number of furan rings is 1. The van der Waals surface area contributed by atoms with Crippen LogP contribution in [-0.2, 0) is 25.7 Å². The number of aryl methyl sites for hydroxylation is 2. The highest BCUT2D eigenvalue weighted by Crippen LogP contribution is 2.44. The van der Waals surface area contributed by atoms with E-state index in [0.717, 1.165) is 60.6 Å². The number of nitrogens with zero attached hydrogens (tertiary/aromatic N) is 2. The molecule has 2 aromatic heterocycles. The Labute approximate surface area is 313 Å². The molecule has 2 aliphatic heterocycles. The molecule has 53 heavy (non-hydrogen) atoms. The molecule has 0 radical (unpaired) electrons. The van der Waals surface area contributed by atoms with Crippen molar-refractivity contribution in [2.45, 2.75) is 95.4 Å². The zero-order valence-corrected chi connectivity index (χ0v) is 30.9. The largest absolute Gasteiger partial charge is 0.455 e. The van der Waals surface area contributed by atoms with Crippen LogP contribution < -0.4 is 4.57 Å². The molecule has 0 saturated heterocycles. The van der Waals surface area contributed by atoms with Crippen molar-refractivity contribution in [1.29, 1.82) is 0 Å². The first kappa shape index (κ1) is 32.6. The van der Waals surface area contributed by atoms with E-state index in [4.69, 9.17) is 16.0 Å². The molecular formula is C50H49N2O+. The quantitative estimate of drug-likeness (QED) is 0.169. The lowest BCUT2D eigenvalue weighted by molar-refractivity contribution is -0.571. The van der Waals surface area contributed by atoms with Gasteiger partial charge in [0.2, 0.25) is 5.69 Å². The van der Waals surface area contributed by atoms with Crippen LogP contribution in [0, 0.1) is 5.92 Å². The Morgan fingerprint density at radius 3 is 2.53 bits per heavy atom. The molecule has 4 aliphatic rings. The molecule has 2 aliphatic carbocycles. The highest BCUT2D eigenvalue weighted by molar-refractivity contribution is 6.11. The molecule has 4 heterocycles. The van der Waals surface area contributed by atoms with Gasteiger partial charge in [-0.1, -0.05) is 99.3 Å². The van der Waals surface area contributed by atoms with Gasteiger partial charge in [0, 0.05) is 34.4 Å². The average Bonchev–Trinajstić information content (AvgIpc) is 3.58. The number of aromatic nitrogens is 1. The summed E-state index contributed by atoms with van der Waals surface area (Å²) in [5.41, 5.74) is 17.5. The van der Waals surface area contributed by atoms with E-state index in [1.54, 1.807) is 0 Å². The maximum Gasteiger partial charge on any atom is 0.222 e. The Morgan fingerprint density at radius 2 is 1.62 bits per heavy atom. The van der Waals surface area contributed by atoms with Crippen molar-refractivity contribution in [1.82, 2.24) is 0 Å². The number of hydrogen-bond donors (Lipinski definition) is 0. The van der Waals surface area contributed by atoms with Crippen molar-refractivity contribution in [3.8, 4) is 22.4 Å². The standard InChI is InChI=1S/C50H49N2O/c1-3-45-41-18-10-9-17-40(41)42-23-20-36-21-25-44-43-24-22-37(39-19-11-15-35-14-7-8-16-38(35)39)31-48(43)53-50(44)49(36)47-30-34(29-33-12-5-4-6-13-33)26-27-52(47)32(2)28-46(42)51-45/h3,9-11,15,17-19,21-22,24-27,30-31,33,42,46H,1-2,4-8,12-14,16,20,23,28-29H2/q+1. The Hall–Kier alpha value is -5.02. The second-order valence-corrected chi connectivity index (χ2v) is 16.2. The third kappa shape index (κ3) is 5.71. The molecule has 2 atom stereocenters. The molecule has 0 spiro atoms. The number of allylic oxidation sites excluding steroid dienone is 1. The molecule has 10 rings (SSSR count). The van der Waals surface area contributed by atoms with Gasteiger partial charge in [0.1, 0.15) is 11.2 Å². The van der Waals surface area contributed by atoms with E-state index in [-0.39, 0.29) is 12.0 Å².